The van der Waals surface area contributed by atoms with Gasteiger partial charge in [-0.25, -0.2) is 0 Å². The van der Waals surface area contributed by atoms with Crippen LogP contribution in [0, 0.1) is 0 Å². The molecule has 2 aliphatic rings. The summed E-state index contributed by atoms with van der Waals surface area (Å²) < 4.78 is 6.96. The standard InChI is InChI=1S/C43H27NO/c1-2-15-29(16-3-1)44(39-23-12-14-28-13-4-5-17-31(28)39)30-25-26-34-38(27-30)43(42-41(34)35-20-8-11-24-40(35)45-42)36-21-9-6-18-32(36)33-19-7-10-22-37(33)43/h1-27H. The Kier molecular flexibility index (Phi) is 4.95. The van der Waals surface area contributed by atoms with Crippen molar-refractivity contribution in [1.82, 2.24) is 0 Å². The molecule has 0 aliphatic heterocycles. The van der Waals surface area contributed by atoms with Crippen LogP contribution in [0.2, 0.25) is 0 Å². The van der Waals surface area contributed by atoms with Crippen molar-refractivity contribution in [2.75, 3.05) is 4.90 Å². The van der Waals surface area contributed by atoms with Crippen molar-refractivity contribution >= 4 is 38.8 Å². The molecule has 1 aromatic heterocycles. The highest BCUT2D eigenvalue weighted by molar-refractivity contribution is 6.06. The molecule has 0 amide bonds. The van der Waals surface area contributed by atoms with E-state index >= 15 is 0 Å². The van der Waals surface area contributed by atoms with Gasteiger partial charge in [-0.2, -0.15) is 0 Å². The van der Waals surface area contributed by atoms with E-state index in [9.17, 15) is 0 Å². The number of rotatable bonds is 3. The average Bonchev–Trinajstić information content (AvgIpc) is 3.73. The van der Waals surface area contributed by atoms with E-state index < -0.39 is 5.41 Å². The minimum Gasteiger partial charge on any atom is -0.459 e. The zero-order valence-electron chi connectivity index (χ0n) is 24.4. The predicted octanol–water partition coefficient (Wildman–Crippen LogP) is 11.4. The quantitative estimate of drug-likeness (QED) is 0.209. The van der Waals surface area contributed by atoms with Crippen molar-refractivity contribution in [3.63, 3.8) is 0 Å². The second-order valence-electron chi connectivity index (χ2n) is 12.0. The lowest BCUT2D eigenvalue weighted by Crippen LogP contribution is -2.26. The Balaban J connectivity index is 1.32. The average molecular weight is 574 g/mol. The fourth-order valence-electron chi connectivity index (χ4n) is 8.08. The molecule has 2 heteroatoms. The molecule has 2 nitrogen and oxygen atoms in total. The minimum atomic E-state index is -0.562. The highest BCUT2D eigenvalue weighted by Gasteiger charge is 2.55. The summed E-state index contributed by atoms with van der Waals surface area (Å²) in [7, 11) is 0. The predicted molar refractivity (Wildman–Crippen MR) is 185 cm³/mol. The minimum absolute atomic E-state index is 0.562. The highest BCUT2D eigenvalue weighted by Crippen LogP contribution is 2.65. The number of hydrogen-bond donors (Lipinski definition) is 0. The molecule has 7 aromatic carbocycles. The first-order chi connectivity index (χ1) is 22.3. The van der Waals surface area contributed by atoms with Gasteiger partial charge in [0.2, 0.25) is 0 Å². The molecule has 0 saturated heterocycles. The monoisotopic (exact) mass is 573 g/mol. The van der Waals surface area contributed by atoms with Crippen LogP contribution in [0.3, 0.4) is 0 Å². The first-order valence-electron chi connectivity index (χ1n) is 15.5. The maximum atomic E-state index is 6.96. The van der Waals surface area contributed by atoms with Gasteiger partial charge in [-0.1, -0.05) is 127 Å². The van der Waals surface area contributed by atoms with Crippen LogP contribution < -0.4 is 4.90 Å². The van der Waals surface area contributed by atoms with Crippen molar-refractivity contribution < 1.29 is 4.42 Å². The molecular formula is C43H27NO. The fraction of sp³-hybridized carbons (Fsp3) is 0.0233. The smallest absolute Gasteiger partial charge is 0.135 e. The van der Waals surface area contributed by atoms with Gasteiger partial charge in [0.05, 0.1) is 5.69 Å². The van der Waals surface area contributed by atoms with Crippen LogP contribution >= 0.6 is 0 Å². The third-order valence-electron chi connectivity index (χ3n) is 9.84. The molecule has 0 fully saturated rings. The van der Waals surface area contributed by atoms with E-state index in [0.717, 1.165) is 33.8 Å². The first-order valence-corrected chi connectivity index (χ1v) is 15.5. The van der Waals surface area contributed by atoms with E-state index in [0.29, 0.717) is 0 Å². The summed E-state index contributed by atoms with van der Waals surface area (Å²) >= 11 is 0. The van der Waals surface area contributed by atoms with E-state index in [1.807, 2.05) is 0 Å². The van der Waals surface area contributed by atoms with Crippen LogP contribution in [0.5, 0.6) is 0 Å². The molecule has 0 saturated carbocycles. The summed E-state index contributed by atoms with van der Waals surface area (Å²) in [6.07, 6.45) is 0. The number of para-hydroxylation sites is 2. The number of anilines is 3. The van der Waals surface area contributed by atoms with Gasteiger partial charge in [0, 0.05) is 27.7 Å². The lowest BCUT2D eigenvalue weighted by molar-refractivity contribution is 0.507. The van der Waals surface area contributed by atoms with E-state index in [1.54, 1.807) is 0 Å². The lowest BCUT2D eigenvalue weighted by Gasteiger charge is -2.31. The highest BCUT2D eigenvalue weighted by atomic mass is 16.3. The van der Waals surface area contributed by atoms with E-state index in [-0.39, 0.29) is 0 Å². The molecular weight excluding hydrogens is 546 g/mol. The van der Waals surface area contributed by atoms with Gasteiger partial charge >= 0.3 is 0 Å². The molecule has 0 radical (unpaired) electrons. The van der Waals surface area contributed by atoms with Crippen molar-refractivity contribution in [3.8, 4) is 22.3 Å². The van der Waals surface area contributed by atoms with Crippen molar-refractivity contribution in [1.29, 1.82) is 0 Å². The number of hydrogen-bond acceptors (Lipinski definition) is 2. The summed E-state index contributed by atoms with van der Waals surface area (Å²) in [6.45, 7) is 0. The second kappa shape index (κ2) is 9.07. The Bertz CT molecular complexity index is 2400. The van der Waals surface area contributed by atoms with Crippen molar-refractivity contribution in [3.05, 3.63) is 186 Å². The summed E-state index contributed by atoms with van der Waals surface area (Å²) in [6, 6.07) is 59.2. The molecule has 0 bridgehead atoms. The second-order valence-corrected chi connectivity index (χ2v) is 12.0. The summed E-state index contributed by atoms with van der Waals surface area (Å²) in [5.74, 6) is 1.02. The van der Waals surface area contributed by atoms with E-state index in [4.69, 9.17) is 4.42 Å². The van der Waals surface area contributed by atoms with Gasteiger partial charge in [-0.3, -0.25) is 0 Å². The SMILES string of the molecule is c1ccc(N(c2ccc3c(c2)C2(c4ccccc4-c4ccccc42)c2oc4ccccc4c2-3)c2cccc3ccccc23)cc1. The number of furan rings is 1. The lowest BCUT2D eigenvalue weighted by atomic mass is 9.73. The van der Waals surface area contributed by atoms with Crippen molar-refractivity contribution in [2.24, 2.45) is 0 Å². The van der Waals surface area contributed by atoms with Crippen LogP contribution in [-0.2, 0) is 5.41 Å². The topological polar surface area (TPSA) is 16.4 Å². The summed E-state index contributed by atoms with van der Waals surface area (Å²) in [5.41, 5.74) is 12.6. The molecule has 45 heavy (non-hydrogen) atoms. The van der Waals surface area contributed by atoms with Crippen LogP contribution in [0.25, 0.3) is 44.0 Å². The third-order valence-corrected chi connectivity index (χ3v) is 9.84. The first kappa shape index (κ1) is 24.6. The number of fused-ring (bicyclic) bond motifs is 13. The van der Waals surface area contributed by atoms with Gasteiger partial charge < -0.3 is 9.32 Å². The molecule has 0 unspecified atom stereocenters. The zero-order chi connectivity index (χ0) is 29.5. The van der Waals surface area contributed by atoms with Crippen molar-refractivity contribution in [2.45, 2.75) is 5.41 Å². The zero-order valence-corrected chi connectivity index (χ0v) is 24.4. The largest absolute Gasteiger partial charge is 0.459 e. The Morgan fingerprint density at radius 3 is 1.89 bits per heavy atom. The Morgan fingerprint density at radius 2 is 1.09 bits per heavy atom. The molecule has 10 rings (SSSR count). The van der Waals surface area contributed by atoms with Gasteiger partial charge in [-0.05, 0) is 75.2 Å². The van der Waals surface area contributed by atoms with Gasteiger partial charge in [-0.15, -0.1) is 0 Å². The molecule has 2 aliphatic carbocycles. The normalized spacial score (nSPS) is 13.5. The maximum absolute atomic E-state index is 6.96. The molecule has 210 valence electrons. The van der Waals surface area contributed by atoms with Gasteiger partial charge in [0.25, 0.3) is 0 Å². The van der Waals surface area contributed by atoms with Crippen LogP contribution in [-0.4, -0.2) is 0 Å². The molecule has 1 spiro atoms. The maximum Gasteiger partial charge on any atom is 0.135 e. The molecule has 1 heterocycles. The number of nitrogens with zero attached hydrogens (tertiary/aromatic N) is 1. The van der Waals surface area contributed by atoms with E-state index in [1.165, 1.54) is 49.7 Å². The Hall–Kier alpha value is -5.86. The van der Waals surface area contributed by atoms with Gasteiger partial charge in [0.15, 0.2) is 0 Å². The Labute approximate surface area is 261 Å². The fourth-order valence-corrected chi connectivity index (χ4v) is 8.08. The van der Waals surface area contributed by atoms with Crippen LogP contribution in [0.15, 0.2) is 168 Å². The Morgan fingerprint density at radius 1 is 0.444 bits per heavy atom. The third kappa shape index (κ3) is 3.18. The number of benzene rings is 7. The van der Waals surface area contributed by atoms with Crippen LogP contribution in [0.1, 0.15) is 22.5 Å². The molecule has 0 N–H and O–H groups in total. The summed E-state index contributed by atoms with van der Waals surface area (Å²) in [4.78, 5) is 2.40. The van der Waals surface area contributed by atoms with Gasteiger partial charge in [0.1, 0.15) is 16.8 Å². The van der Waals surface area contributed by atoms with E-state index in [2.05, 4.69) is 169 Å². The molecule has 0 atom stereocenters. The summed E-state index contributed by atoms with van der Waals surface area (Å²) in [5, 5.41) is 3.60. The van der Waals surface area contributed by atoms with Crippen LogP contribution in [0.4, 0.5) is 17.1 Å². The molecule has 8 aromatic rings.